The summed E-state index contributed by atoms with van der Waals surface area (Å²) in [5, 5.41) is 3.75. The molecule has 1 unspecified atom stereocenters. The van der Waals surface area contributed by atoms with E-state index in [1.807, 2.05) is 28.8 Å². The van der Waals surface area contributed by atoms with Crippen LogP contribution in [0.5, 0.6) is 0 Å². The van der Waals surface area contributed by atoms with Gasteiger partial charge >= 0.3 is 5.76 Å². The van der Waals surface area contributed by atoms with E-state index in [0.29, 0.717) is 17.5 Å². The fourth-order valence-electron chi connectivity index (χ4n) is 4.32. The van der Waals surface area contributed by atoms with Crippen LogP contribution in [0.15, 0.2) is 63.8 Å². The van der Waals surface area contributed by atoms with E-state index < -0.39 is 0 Å². The minimum absolute atomic E-state index is 0.218. The van der Waals surface area contributed by atoms with Crippen molar-refractivity contribution in [2.24, 2.45) is 5.92 Å². The zero-order chi connectivity index (χ0) is 18.6. The molecule has 1 saturated carbocycles. The second-order valence-corrected chi connectivity index (χ2v) is 7.91. The molecule has 142 valence electrons. The minimum Gasteiger partial charge on any atom is -0.408 e. The largest absolute Gasteiger partial charge is 0.420 e. The van der Waals surface area contributed by atoms with E-state index in [1.165, 1.54) is 5.56 Å². The second kappa shape index (κ2) is 8.13. The van der Waals surface area contributed by atoms with Crippen LogP contribution in [0.25, 0.3) is 11.1 Å². The predicted octanol–water partition coefficient (Wildman–Crippen LogP) is 4.55. The normalized spacial score (nSPS) is 21.4. The van der Waals surface area contributed by atoms with Crippen LogP contribution in [-0.2, 0) is 6.42 Å². The van der Waals surface area contributed by atoms with Crippen molar-refractivity contribution in [3.05, 3.63) is 70.7 Å². The molecule has 1 aromatic heterocycles. The Morgan fingerprint density at radius 1 is 1.04 bits per heavy atom. The van der Waals surface area contributed by atoms with E-state index in [4.69, 9.17) is 4.42 Å². The maximum Gasteiger partial charge on any atom is 0.420 e. The Kier molecular flexibility index (Phi) is 5.44. The first-order chi connectivity index (χ1) is 13.2. The van der Waals surface area contributed by atoms with Gasteiger partial charge in [-0.2, -0.15) is 0 Å². The maximum atomic E-state index is 12.3. The molecule has 3 aromatic rings. The SMILES string of the molecule is CC(CNC1CCC(n2c(=O)oc3ccccc32)CC1)Cc1ccccc1. The molecule has 1 fully saturated rings. The highest BCUT2D eigenvalue weighted by molar-refractivity contribution is 5.72. The number of nitrogens with one attached hydrogen (secondary N) is 1. The molecule has 2 aromatic carbocycles. The van der Waals surface area contributed by atoms with E-state index in [0.717, 1.165) is 44.2 Å². The van der Waals surface area contributed by atoms with Gasteiger partial charge in [0.2, 0.25) is 0 Å². The smallest absolute Gasteiger partial charge is 0.408 e. The average molecular weight is 364 g/mol. The van der Waals surface area contributed by atoms with Crippen molar-refractivity contribution in [3.63, 3.8) is 0 Å². The van der Waals surface area contributed by atoms with Crippen LogP contribution in [0.1, 0.15) is 44.2 Å². The van der Waals surface area contributed by atoms with Crippen molar-refractivity contribution >= 4 is 11.1 Å². The van der Waals surface area contributed by atoms with Gasteiger partial charge < -0.3 is 9.73 Å². The lowest BCUT2D eigenvalue weighted by atomic mass is 9.90. The molecular weight excluding hydrogens is 336 g/mol. The Balaban J connectivity index is 1.30. The van der Waals surface area contributed by atoms with E-state index in [9.17, 15) is 4.79 Å². The third-order valence-electron chi connectivity index (χ3n) is 5.76. The van der Waals surface area contributed by atoms with Crippen molar-refractivity contribution in [2.75, 3.05) is 6.54 Å². The lowest BCUT2D eigenvalue weighted by molar-refractivity contribution is 0.276. The summed E-state index contributed by atoms with van der Waals surface area (Å²) in [7, 11) is 0. The Labute approximate surface area is 160 Å². The first-order valence-corrected chi connectivity index (χ1v) is 10.1. The summed E-state index contributed by atoms with van der Waals surface area (Å²) >= 11 is 0. The highest BCUT2D eigenvalue weighted by atomic mass is 16.4. The Morgan fingerprint density at radius 3 is 2.52 bits per heavy atom. The molecule has 0 amide bonds. The first-order valence-electron chi connectivity index (χ1n) is 10.1. The van der Waals surface area contributed by atoms with Crippen LogP contribution in [0.2, 0.25) is 0 Å². The van der Waals surface area contributed by atoms with Crippen molar-refractivity contribution in [1.29, 1.82) is 0 Å². The summed E-state index contributed by atoms with van der Waals surface area (Å²) in [5.74, 6) is 0.398. The third-order valence-corrected chi connectivity index (χ3v) is 5.76. The average Bonchev–Trinajstić information content (AvgIpc) is 3.03. The maximum absolute atomic E-state index is 12.3. The van der Waals surface area contributed by atoms with Crippen LogP contribution in [0, 0.1) is 5.92 Å². The molecule has 27 heavy (non-hydrogen) atoms. The third kappa shape index (κ3) is 4.16. The molecule has 1 N–H and O–H groups in total. The van der Waals surface area contributed by atoms with Gasteiger partial charge in [-0.25, -0.2) is 4.79 Å². The van der Waals surface area contributed by atoms with Gasteiger partial charge in [-0.3, -0.25) is 4.57 Å². The monoisotopic (exact) mass is 364 g/mol. The number of benzene rings is 2. The number of fused-ring (bicyclic) bond motifs is 1. The van der Waals surface area contributed by atoms with Gasteiger partial charge in [0.05, 0.1) is 5.52 Å². The zero-order valence-corrected chi connectivity index (χ0v) is 15.9. The fraction of sp³-hybridized carbons (Fsp3) is 0.435. The molecule has 1 atom stereocenters. The molecule has 0 spiro atoms. The van der Waals surface area contributed by atoms with Crippen LogP contribution in [0.4, 0.5) is 0 Å². The van der Waals surface area contributed by atoms with Gasteiger partial charge in [-0.05, 0) is 62.3 Å². The molecule has 0 saturated heterocycles. The highest BCUT2D eigenvalue weighted by Gasteiger charge is 2.25. The van der Waals surface area contributed by atoms with Crippen molar-refractivity contribution in [3.8, 4) is 0 Å². The standard InChI is InChI=1S/C23H28N2O2/c1-17(15-18-7-3-2-4-8-18)16-24-19-11-13-20(14-12-19)25-21-9-5-6-10-22(21)27-23(25)26/h2-10,17,19-20,24H,11-16H2,1H3. The van der Waals surface area contributed by atoms with Crippen LogP contribution >= 0.6 is 0 Å². The lowest BCUT2D eigenvalue weighted by Gasteiger charge is -2.30. The molecule has 1 aliphatic carbocycles. The van der Waals surface area contributed by atoms with E-state index in [1.54, 1.807) is 0 Å². The van der Waals surface area contributed by atoms with Crippen molar-refractivity contribution in [2.45, 2.75) is 51.1 Å². The fourth-order valence-corrected chi connectivity index (χ4v) is 4.32. The van der Waals surface area contributed by atoms with Crippen molar-refractivity contribution < 1.29 is 4.42 Å². The molecule has 1 aliphatic rings. The summed E-state index contributed by atoms with van der Waals surface area (Å²) in [4.78, 5) is 12.3. The van der Waals surface area contributed by atoms with Gasteiger partial charge in [-0.1, -0.05) is 49.4 Å². The van der Waals surface area contributed by atoms with Gasteiger partial charge in [0.1, 0.15) is 0 Å². The highest BCUT2D eigenvalue weighted by Crippen LogP contribution is 2.30. The molecular formula is C23H28N2O2. The molecule has 4 nitrogen and oxygen atoms in total. The summed E-state index contributed by atoms with van der Waals surface area (Å²) in [6, 6.07) is 19.2. The number of aromatic nitrogens is 1. The Bertz CT molecular complexity index is 920. The number of para-hydroxylation sites is 2. The zero-order valence-electron chi connectivity index (χ0n) is 15.9. The Morgan fingerprint density at radius 2 is 1.74 bits per heavy atom. The van der Waals surface area contributed by atoms with Gasteiger partial charge in [-0.15, -0.1) is 0 Å². The predicted molar refractivity (Wildman–Crippen MR) is 109 cm³/mol. The van der Waals surface area contributed by atoms with Crippen LogP contribution in [0.3, 0.4) is 0 Å². The van der Waals surface area contributed by atoms with Crippen LogP contribution < -0.4 is 11.1 Å². The van der Waals surface area contributed by atoms with Gasteiger partial charge in [0.25, 0.3) is 0 Å². The van der Waals surface area contributed by atoms with Crippen LogP contribution in [-0.4, -0.2) is 17.2 Å². The summed E-state index contributed by atoms with van der Waals surface area (Å²) in [6.07, 6.45) is 5.37. The second-order valence-electron chi connectivity index (χ2n) is 7.91. The summed E-state index contributed by atoms with van der Waals surface area (Å²) in [5.41, 5.74) is 3.02. The molecule has 0 bridgehead atoms. The summed E-state index contributed by atoms with van der Waals surface area (Å²) in [6.45, 7) is 3.35. The first kappa shape index (κ1) is 18.1. The molecule has 4 heteroatoms. The quantitative estimate of drug-likeness (QED) is 0.698. The topological polar surface area (TPSA) is 47.2 Å². The number of nitrogens with zero attached hydrogens (tertiary/aromatic N) is 1. The van der Waals surface area contributed by atoms with E-state index in [-0.39, 0.29) is 11.8 Å². The van der Waals surface area contributed by atoms with E-state index in [2.05, 4.69) is 42.6 Å². The number of hydrogen-bond donors (Lipinski definition) is 1. The molecule has 4 rings (SSSR count). The number of oxazole rings is 1. The van der Waals surface area contributed by atoms with E-state index >= 15 is 0 Å². The molecule has 0 radical (unpaired) electrons. The Hall–Kier alpha value is -2.33. The van der Waals surface area contributed by atoms with Gasteiger partial charge in [0, 0.05) is 12.1 Å². The number of rotatable bonds is 6. The summed E-state index contributed by atoms with van der Waals surface area (Å²) < 4.78 is 7.27. The van der Waals surface area contributed by atoms with Gasteiger partial charge in [0.15, 0.2) is 5.58 Å². The lowest BCUT2D eigenvalue weighted by Crippen LogP contribution is -2.37. The number of hydrogen-bond acceptors (Lipinski definition) is 3. The van der Waals surface area contributed by atoms with Crippen molar-refractivity contribution in [1.82, 2.24) is 9.88 Å². The molecule has 0 aliphatic heterocycles. The minimum atomic E-state index is -0.218. The molecule has 1 heterocycles.